The van der Waals surface area contributed by atoms with E-state index in [1.165, 1.54) is 6.92 Å². The van der Waals surface area contributed by atoms with Gasteiger partial charge in [0.25, 0.3) is 0 Å². The molecule has 1 aliphatic heterocycles. The van der Waals surface area contributed by atoms with Crippen LogP contribution in [0.2, 0.25) is 0 Å². The van der Waals surface area contributed by atoms with Gasteiger partial charge in [0.15, 0.2) is 12.6 Å². The third kappa shape index (κ3) is 6.30. The topological polar surface area (TPSA) is 105 Å². The zero-order valence-electron chi connectivity index (χ0n) is 16.6. The highest BCUT2D eigenvalue weighted by atomic mass is 19.3. The summed E-state index contributed by atoms with van der Waals surface area (Å²) in [5, 5.41) is 29.9. The summed E-state index contributed by atoms with van der Waals surface area (Å²) in [6, 6.07) is -1.30. The Labute approximate surface area is 170 Å². The maximum atomic E-state index is 14.2. The summed E-state index contributed by atoms with van der Waals surface area (Å²) in [6.45, 7) is 3.27. The van der Waals surface area contributed by atoms with Crippen molar-refractivity contribution in [2.45, 2.75) is 94.7 Å². The monoisotopic (exact) mass is 453 g/mol. The van der Waals surface area contributed by atoms with Gasteiger partial charge in [0, 0.05) is 5.92 Å². The molecule has 0 saturated carbocycles. The van der Waals surface area contributed by atoms with Crippen LogP contribution >= 0.6 is 0 Å². The van der Waals surface area contributed by atoms with Crippen molar-refractivity contribution in [3.05, 3.63) is 12.2 Å². The van der Waals surface area contributed by atoms with Gasteiger partial charge < -0.3 is 30.5 Å². The highest BCUT2D eigenvalue weighted by Crippen LogP contribution is 2.46. The molecule has 30 heavy (non-hydrogen) atoms. The number of alkyl halides is 6. The van der Waals surface area contributed by atoms with Crippen LogP contribution in [0.4, 0.5) is 26.3 Å². The number of ether oxygens (including phenoxy) is 2. The maximum absolute atomic E-state index is 14.2. The molecule has 1 aliphatic rings. The normalized spacial score (nSPS) is 25.8. The fraction of sp³-hybridized carbons (Fsp3) is 0.889. The first-order valence-electron chi connectivity index (χ1n) is 9.60. The number of unbranched alkanes of at least 4 members (excludes halogenated alkanes) is 2. The molecule has 1 heterocycles. The summed E-state index contributed by atoms with van der Waals surface area (Å²) in [4.78, 5) is 0. The first kappa shape index (κ1) is 27.1. The smallest absolute Gasteiger partial charge is 0.369 e. The quantitative estimate of drug-likeness (QED) is 0.194. The second-order valence-corrected chi connectivity index (χ2v) is 7.29. The molecule has 12 heteroatoms. The lowest BCUT2D eigenvalue weighted by Crippen LogP contribution is -2.59. The Morgan fingerprint density at radius 1 is 0.967 bits per heavy atom. The Morgan fingerprint density at radius 2 is 1.53 bits per heavy atom. The summed E-state index contributed by atoms with van der Waals surface area (Å²) in [6.07, 6.45) is -10.6. The number of rotatable bonds is 13. The van der Waals surface area contributed by atoms with Crippen molar-refractivity contribution in [2.75, 3.05) is 0 Å². The fourth-order valence-corrected chi connectivity index (χ4v) is 2.93. The Hall–Kier alpha value is -0.920. The van der Waals surface area contributed by atoms with E-state index < -0.39 is 67.5 Å². The first-order valence-corrected chi connectivity index (χ1v) is 9.60. The molecule has 5 unspecified atom stereocenters. The first-order chi connectivity index (χ1) is 13.8. The summed E-state index contributed by atoms with van der Waals surface area (Å²) < 4.78 is 90.3. The van der Waals surface area contributed by atoms with E-state index in [1.807, 2.05) is 0 Å². The van der Waals surface area contributed by atoms with Gasteiger partial charge in [0.05, 0.1) is 6.04 Å². The molecule has 0 radical (unpaired) electrons. The predicted octanol–water partition coefficient (Wildman–Crippen LogP) is 2.40. The third-order valence-corrected chi connectivity index (χ3v) is 4.90. The molecular formula is C18H29F6NO5. The average Bonchev–Trinajstić information content (AvgIpc) is 2.65. The summed E-state index contributed by atoms with van der Waals surface area (Å²) >= 11 is 0. The maximum Gasteiger partial charge on any atom is 0.369 e. The third-order valence-electron chi connectivity index (χ3n) is 4.90. The minimum absolute atomic E-state index is 0.0567. The van der Waals surface area contributed by atoms with Gasteiger partial charge in [0.1, 0.15) is 18.3 Å². The lowest BCUT2D eigenvalue weighted by molar-refractivity contribution is -0.387. The van der Waals surface area contributed by atoms with Crippen LogP contribution in [0.5, 0.6) is 0 Å². The van der Waals surface area contributed by atoms with Crippen LogP contribution in [0.1, 0.15) is 39.5 Å². The Kier molecular flexibility index (Phi) is 10.0. The van der Waals surface area contributed by atoms with Gasteiger partial charge in [-0.15, -0.1) is 0 Å². The van der Waals surface area contributed by atoms with E-state index in [9.17, 15) is 41.7 Å². The van der Waals surface area contributed by atoms with Crippen molar-refractivity contribution in [1.29, 1.82) is 0 Å². The van der Waals surface area contributed by atoms with E-state index in [0.717, 1.165) is 0 Å². The second kappa shape index (κ2) is 11.1. The molecule has 1 rings (SSSR count). The van der Waals surface area contributed by atoms with Gasteiger partial charge >= 0.3 is 18.3 Å². The van der Waals surface area contributed by atoms with E-state index in [0.29, 0.717) is 25.0 Å². The van der Waals surface area contributed by atoms with E-state index in [2.05, 4.69) is 0 Å². The number of aliphatic hydroxyl groups excluding tert-OH is 3. The average molecular weight is 453 g/mol. The predicted molar refractivity (Wildman–Crippen MR) is 94.1 cm³/mol. The molecule has 178 valence electrons. The van der Waals surface area contributed by atoms with Crippen LogP contribution in [0, 0.1) is 5.92 Å². The number of aliphatic hydroxyl groups is 3. The molecule has 5 atom stereocenters. The Balaban J connectivity index is 2.90. The van der Waals surface area contributed by atoms with Crippen LogP contribution in [0.15, 0.2) is 12.2 Å². The molecule has 6 nitrogen and oxygen atoms in total. The highest BCUT2D eigenvalue weighted by molar-refractivity contribution is 5.06. The molecule has 0 bridgehead atoms. The highest BCUT2D eigenvalue weighted by Gasteiger charge is 2.65. The van der Waals surface area contributed by atoms with Gasteiger partial charge in [-0.25, -0.2) is 8.78 Å². The largest absolute Gasteiger partial charge is 0.388 e. The van der Waals surface area contributed by atoms with Gasteiger partial charge in [-0.05, 0) is 13.3 Å². The zero-order valence-corrected chi connectivity index (χ0v) is 16.6. The van der Waals surface area contributed by atoms with Crippen molar-refractivity contribution >= 4 is 0 Å². The number of nitrogens with two attached hydrogens (primary N) is 1. The summed E-state index contributed by atoms with van der Waals surface area (Å²) in [5.41, 5.74) is 5.62. The molecule has 1 saturated heterocycles. The van der Waals surface area contributed by atoms with Crippen LogP contribution in [0.3, 0.4) is 0 Å². The summed E-state index contributed by atoms with van der Waals surface area (Å²) in [5.74, 6) is -13.0. The van der Waals surface area contributed by atoms with E-state index >= 15 is 0 Å². The molecule has 0 aromatic carbocycles. The minimum Gasteiger partial charge on any atom is -0.388 e. The minimum atomic E-state index is -5.59. The molecule has 0 amide bonds. The molecule has 0 spiro atoms. The molecule has 1 fully saturated rings. The van der Waals surface area contributed by atoms with Gasteiger partial charge in [0.2, 0.25) is 0 Å². The van der Waals surface area contributed by atoms with E-state index in [4.69, 9.17) is 15.2 Å². The Bertz CT molecular complexity index is 547. The van der Waals surface area contributed by atoms with Crippen LogP contribution in [0.25, 0.3) is 0 Å². The number of hydrogen-bond donors (Lipinski definition) is 4. The zero-order chi connectivity index (χ0) is 23.3. The lowest BCUT2D eigenvalue weighted by atomic mass is 9.89. The van der Waals surface area contributed by atoms with Gasteiger partial charge in [-0.1, -0.05) is 38.3 Å². The second-order valence-electron chi connectivity index (χ2n) is 7.29. The van der Waals surface area contributed by atoms with Gasteiger partial charge in [-0.3, -0.25) is 0 Å². The number of halogens is 6. The van der Waals surface area contributed by atoms with Crippen LogP contribution in [-0.2, 0) is 9.47 Å². The van der Waals surface area contributed by atoms with E-state index in [1.54, 1.807) is 6.92 Å². The molecule has 0 aromatic rings. The van der Waals surface area contributed by atoms with E-state index in [-0.39, 0.29) is 6.42 Å². The van der Waals surface area contributed by atoms with Crippen molar-refractivity contribution < 1.29 is 51.1 Å². The molecular weight excluding hydrogens is 424 g/mol. The summed E-state index contributed by atoms with van der Waals surface area (Å²) in [7, 11) is 0. The molecule has 0 aromatic heterocycles. The van der Waals surface area contributed by atoms with Crippen molar-refractivity contribution in [1.82, 2.24) is 0 Å². The SMILES string of the molecule is CCCCCC(/C=C/C(O)C(O)C(O)C(N)C1OC(C)O1)C(F)(F)C(F)(F)C(F)F. The standard InChI is InChI=1S/C18H29F6NO5/c1-3-4-5-6-10(17(21,22)18(23,24)16(19)20)7-8-11(26)13(27)14(28)12(25)15-29-9(2)30-15/h7-16,26-28H,3-6,25H2,1-2H3/b8-7+. The molecule has 5 N–H and O–H groups in total. The van der Waals surface area contributed by atoms with Crippen LogP contribution in [-0.4, -0.2) is 70.5 Å². The van der Waals surface area contributed by atoms with Crippen molar-refractivity contribution in [3.63, 3.8) is 0 Å². The fourth-order valence-electron chi connectivity index (χ4n) is 2.93. The number of hydrogen-bond acceptors (Lipinski definition) is 6. The van der Waals surface area contributed by atoms with Gasteiger partial charge in [-0.2, -0.15) is 17.6 Å². The van der Waals surface area contributed by atoms with Crippen LogP contribution < -0.4 is 5.73 Å². The van der Waals surface area contributed by atoms with Crippen molar-refractivity contribution in [2.24, 2.45) is 11.7 Å². The van der Waals surface area contributed by atoms with Crippen molar-refractivity contribution in [3.8, 4) is 0 Å². The Morgan fingerprint density at radius 3 is 2.00 bits per heavy atom. The molecule has 0 aliphatic carbocycles. The lowest BCUT2D eigenvalue weighted by Gasteiger charge is -2.40. The number of allylic oxidation sites excluding steroid dienone is 1.